The quantitative estimate of drug-likeness (QED) is 0.442. The number of aromatic nitrogens is 5. The molecule has 1 aromatic carbocycles. The maximum Gasteiger partial charge on any atom is 0.329 e. The number of aryl methyl sites for hydroxylation is 1. The molecule has 0 aliphatic carbocycles. The number of rotatable bonds is 4. The van der Waals surface area contributed by atoms with Gasteiger partial charge in [0.15, 0.2) is 0 Å². The van der Waals surface area contributed by atoms with Crippen LogP contribution < -0.4 is 22.0 Å². The number of fused-ring (bicyclic) bond motifs is 1. The van der Waals surface area contributed by atoms with Gasteiger partial charge in [0.2, 0.25) is 11.0 Å². The molecular weight excluding hydrogens is 399 g/mol. The monoisotopic (exact) mass is 412 g/mol. The van der Waals surface area contributed by atoms with Gasteiger partial charge in [0.25, 0.3) is 5.56 Å². The van der Waals surface area contributed by atoms with Crippen molar-refractivity contribution in [3.8, 4) is 10.6 Å². The van der Waals surface area contributed by atoms with Crippen LogP contribution in [0.25, 0.3) is 20.8 Å². The van der Waals surface area contributed by atoms with E-state index in [2.05, 4.69) is 24.9 Å². The fourth-order valence-electron chi connectivity index (χ4n) is 2.63. The molecule has 0 atom stereocenters. The SMILES string of the molecule is Bc1ccc(-c2nnc(NC(=O)Cc3nsc4c3c(=O)[nH]c(=O)n4C)s2)cc1. The molecule has 0 aliphatic rings. The van der Waals surface area contributed by atoms with E-state index in [0.29, 0.717) is 20.7 Å². The molecule has 0 spiro atoms. The first-order chi connectivity index (χ1) is 13.4. The largest absolute Gasteiger partial charge is 0.329 e. The second kappa shape index (κ2) is 7.13. The lowest BCUT2D eigenvalue weighted by molar-refractivity contribution is -0.115. The van der Waals surface area contributed by atoms with E-state index >= 15 is 0 Å². The van der Waals surface area contributed by atoms with Crippen LogP contribution in [0.4, 0.5) is 5.13 Å². The summed E-state index contributed by atoms with van der Waals surface area (Å²) in [6.45, 7) is 0. The summed E-state index contributed by atoms with van der Waals surface area (Å²) in [5.41, 5.74) is 1.31. The Morgan fingerprint density at radius 3 is 2.75 bits per heavy atom. The molecule has 12 heteroatoms. The van der Waals surface area contributed by atoms with Gasteiger partial charge in [-0.1, -0.05) is 41.1 Å². The standard InChI is InChI=1S/C16H13BN6O3S2/c1-23-14-11(12(25)19-16(23)26)9(22-28-14)6-10(24)18-15-21-20-13(27-15)7-2-4-8(17)5-3-7/h2-5H,6,17H2,1H3,(H,18,21,24)(H,19,25,26). The van der Waals surface area contributed by atoms with E-state index in [1.54, 1.807) is 0 Å². The van der Waals surface area contributed by atoms with Gasteiger partial charge in [-0.3, -0.25) is 19.1 Å². The van der Waals surface area contributed by atoms with Crippen molar-refractivity contribution in [3.05, 3.63) is 50.8 Å². The topological polar surface area (TPSA) is 123 Å². The summed E-state index contributed by atoms with van der Waals surface area (Å²) in [6.07, 6.45) is -0.110. The van der Waals surface area contributed by atoms with E-state index in [4.69, 9.17) is 0 Å². The van der Waals surface area contributed by atoms with Gasteiger partial charge in [-0.25, -0.2) is 4.79 Å². The minimum absolute atomic E-state index is 0.110. The van der Waals surface area contributed by atoms with Crippen molar-refractivity contribution in [2.75, 3.05) is 5.32 Å². The molecule has 2 N–H and O–H groups in total. The first kappa shape index (κ1) is 18.3. The van der Waals surface area contributed by atoms with Crippen LogP contribution in [0.15, 0.2) is 33.9 Å². The fraction of sp³-hybridized carbons (Fsp3) is 0.125. The van der Waals surface area contributed by atoms with Crippen LogP contribution in [0, 0.1) is 0 Å². The third-order valence-electron chi connectivity index (χ3n) is 4.10. The summed E-state index contributed by atoms with van der Waals surface area (Å²) in [5, 5.41) is 12.1. The molecule has 4 aromatic rings. The summed E-state index contributed by atoms with van der Waals surface area (Å²) in [6, 6.07) is 7.85. The molecule has 0 saturated carbocycles. The molecule has 0 saturated heterocycles. The highest BCUT2D eigenvalue weighted by molar-refractivity contribution is 7.18. The Morgan fingerprint density at radius 2 is 2.00 bits per heavy atom. The van der Waals surface area contributed by atoms with Crippen molar-refractivity contribution < 1.29 is 4.79 Å². The molecule has 3 aromatic heterocycles. The Labute approximate surface area is 166 Å². The lowest BCUT2D eigenvalue weighted by Gasteiger charge is -2.00. The molecule has 28 heavy (non-hydrogen) atoms. The summed E-state index contributed by atoms with van der Waals surface area (Å²) in [5.74, 6) is -0.368. The zero-order chi connectivity index (χ0) is 19.8. The maximum absolute atomic E-state index is 12.4. The minimum atomic E-state index is -0.549. The van der Waals surface area contributed by atoms with Crippen LogP contribution in [0.5, 0.6) is 0 Å². The number of hydrogen-bond donors (Lipinski definition) is 2. The molecule has 0 radical (unpaired) electrons. The Kier molecular flexibility index (Phi) is 4.65. The zero-order valence-electron chi connectivity index (χ0n) is 14.8. The average molecular weight is 412 g/mol. The molecule has 1 amide bonds. The number of aromatic amines is 1. The van der Waals surface area contributed by atoms with Crippen LogP contribution in [0.3, 0.4) is 0 Å². The minimum Gasteiger partial charge on any atom is -0.300 e. The predicted molar refractivity (Wildman–Crippen MR) is 111 cm³/mol. The molecule has 140 valence electrons. The van der Waals surface area contributed by atoms with Gasteiger partial charge in [0, 0.05) is 12.6 Å². The van der Waals surface area contributed by atoms with Gasteiger partial charge in [-0.05, 0) is 11.5 Å². The molecule has 9 nitrogen and oxygen atoms in total. The van der Waals surface area contributed by atoms with Crippen LogP contribution >= 0.6 is 22.9 Å². The van der Waals surface area contributed by atoms with Crippen molar-refractivity contribution in [1.82, 2.24) is 24.1 Å². The van der Waals surface area contributed by atoms with Crippen LogP contribution in [-0.4, -0.2) is 37.9 Å². The fourth-order valence-corrected chi connectivity index (χ4v) is 4.25. The summed E-state index contributed by atoms with van der Waals surface area (Å²) >= 11 is 2.27. The van der Waals surface area contributed by atoms with Gasteiger partial charge < -0.3 is 5.32 Å². The number of carbonyl (C=O) groups is 1. The van der Waals surface area contributed by atoms with E-state index in [-0.39, 0.29) is 17.7 Å². The number of amides is 1. The summed E-state index contributed by atoms with van der Waals surface area (Å²) in [7, 11) is 3.54. The molecule has 3 heterocycles. The van der Waals surface area contributed by atoms with Gasteiger partial charge >= 0.3 is 5.69 Å². The lowest BCUT2D eigenvalue weighted by Crippen LogP contribution is -2.28. The van der Waals surface area contributed by atoms with Crippen molar-refractivity contribution in [3.63, 3.8) is 0 Å². The molecule has 0 bridgehead atoms. The smallest absolute Gasteiger partial charge is 0.300 e. The Bertz CT molecular complexity index is 1300. The number of benzene rings is 1. The summed E-state index contributed by atoms with van der Waals surface area (Å²) in [4.78, 5) is 38.8. The second-order valence-electron chi connectivity index (χ2n) is 6.13. The first-order valence-electron chi connectivity index (χ1n) is 8.20. The third-order valence-corrected chi connectivity index (χ3v) is 5.95. The van der Waals surface area contributed by atoms with Crippen molar-refractivity contribution in [2.45, 2.75) is 6.42 Å². The number of anilines is 1. The normalized spacial score (nSPS) is 11.0. The van der Waals surface area contributed by atoms with E-state index in [9.17, 15) is 14.4 Å². The first-order valence-corrected chi connectivity index (χ1v) is 9.79. The number of carbonyl (C=O) groups excluding carboxylic acids is 1. The van der Waals surface area contributed by atoms with E-state index in [1.165, 1.54) is 23.0 Å². The van der Waals surface area contributed by atoms with Crippen LogP contribution in [0.2, 0.25) is 0 Å². The molecule has 0 fully saturated rings. The number of H-pyrrole nitrogens is 1. The number of nitrogens with one attached hydrogen (secondary N) is 2. The predicted octanol–water partition coefficient (Wildman–Crippen LogP) is -0.359. The van der Waals surface area contributed by atoms with Crippen LogP contribution in [-0.2, 0) is 18.3 Å². The van der Waals surface area contributed by atoms with Crippen molar-refractivity contribution in [2.24, 2.45) is 7.05 Å². The molecular formula is C16H13BN6O3S2. The Balaban J connectivity index is 1.54. The van der Waals surface area contributed by atoms with Gasteiger partial charge in [-0.2, -0.15) is 4.37 Å². The second-order valence-corrected chi connectivity index (χ2v) is 7.86. The number of nitrogens with zero attached hydrogens (tertiary/aromatic N) is 4. The highest BCUT2D eigenvalue weighted by atomic mass is 32.1. The summed E-state index contributed by atoms with van der Waals surface area (Å²) < 4.78 is 5.47. The van der Waals surface area contributed by atoms with Gasteiger partial charge in [-0.15, -0.1) is 10.2 Å². The van der Waals surface area contributed by atoms with Gasteiger partial charge in [0.05, 0.1) is 17.5 Å². The molecule has 0 unspecified atom stereocenters. The van der Waals surface area contributed by atoms with E-state index in [0.717, 1.165) is 22.6 Å². The van der Waals surface area contributed by atoms with Crippen LogP contribution in [0.1, 0.15) is 5.69 Å². The maximum atomic E-state index is 12.4. The highest BCUT2D eigenvalue weighted by Crippen LogP contribution is 2.26. The highest BCUT2D eigenvalue weighted by Gasteiger charge is 2.18. The molecule has 0 aliphatic heterocycles. The third kappa shape index (κ3) is 3.39. The zero-order valence-corrected chi connectivity index (χ0v) is 16.5. The Hall–Kier alpha value is -3.12. The average Bonchev–Trinajstić information content (AvgIpc) is 3.28. The van der Waals surface area contributed by atoms with Crippen molar-refractivity contribution >= 4 is 57.4 Å². The van der Waals surface area contributed by atoms with E-state index < -0.39 is 11.2 Å². The van der Waals surface area contributed by atoms with E-state index in [1.807, 2.05) is 32.1 Å². The lowest BCUT2D eigenvalue weighted by atomic mass is 9.95. The van der Waals surface area contributed by atoms with Gasteiger partial charge in [0.1, 0.15) is 17.7 Å². The number of hydrogen-bond acceptors (Lipinski definition) is 8. The Morgan fingerprint density at radius 1 is 1.25 bits per heavy atom. The molecule has 4 rings (SSSR count). The van der Waals surface area contributed by atoms with Crippen molar-refractivity contribution in [1.29, 1.82) is 0 Å².